The summed E-state index contributed by atoms with van der Waals surface area (Å²) in [7, 11) is 0. The summed E-state index contributed by atoms with van der Waals surface area (Å²) in [6, 6.07) is 11.3. The van der Waals surface area contributed by atoms with Gasteiger partial charge in [0, 0.05) is 23.2 Å². The molecule has 4 atom stereocenters. The highest BCUT2D eigenvalue weighted by molar-refractivity contribution is 5.34. The Morgan fingerprint density at radius 3 is 1.56 bits per heavy atom. The van der Waals surface area contributed by atoms with Gasteiger partial charge in [-0.25, -0.2) is 8.78 Å². The van der Waals surface area contributed by atoms with E-state index in [1.807, 2.05) is 12.1 Å². The van der Waals surface area contributed by atoms with Crippen molar-refractivity contribution in [3.63, 3.8) is 0 Å². The Kier molecular flexibility index (Phi) is 6.83. The molecule has 0 aliphatic carbocycles. The number of rotatable bonds is 2. The van der Waals surface area contributed by atoms with Crippen LogP contribution in [0, 0.1) is 11.6 Å². The standard InChI is InChI=1S/2C13H16FNO/c2*14-10-4-1-3-9-6-8-16-13(12(9)10)11-5-2-7-15-11/h2*1,3-4,11,13,15H,2,5-8H2/t11-,13+;11-,13-/m11/s1. The topological polar surface area (TPSA) is 42.5 Å². The third-order valence-corrected chi connectivity index (χ3v) is 7.12. The largest absolute Gasteiger partial charge is 0.371 e. The average Bonchev–Trinajstić information content (AvgIpc) is 3.54. The van der Waals surface area contributed by atoms with Gasteiger partial charge in [0.2, 0.25) is 0 Å². The van der Waals surface area contributed by atoms with Gasteiger partial charge in [0.1, 0.15) is 23.8 Å². The molecule has 0 aromatic heterocycles. The fourth-order valence-electron chi connectivity index (χ4n) is 5.57. The molecule has 2 aromatic rings. The quantitative estimate of drug-likeness (QED) is 0.724. The average molecular weight is 443 g/mol. The molecule has 4 heterocycles. The molecule has 32 heavy (non-hydrogen) atoms. The van der Waals surface area contributed by atoms with E-state index in [0.29, 0.717) is 13.2 Å². The number of hydrogen-bond donors (Lipinski definition) is 2. The molecule has 4 nitrogen and oxygen atoms in total. The van der Waals surface area contributed by atoms with Crippen LogP contribution in [0.2, 0.25) is 0 Å². The zero-order valence-corrected chi connectivity index (χ0v) is 18.4. The van der Waals surface area contributed by atoms with Crippen LogP contribution in [0.5, 0.6) is 0 Å². The van der Waals surface area contributed by atoms with Crippen LogP contribution in [0.15, 0.2) is 36.4 Å². The van der Waals surface area contributed by atoms with Gasteiger partial charge in [0.05, 0.1) is 13.2 Å². The molecule has 0 amide bonds. The highest BCUT2D eigenvalue weighted by Crippen LogP contribution is 2.35. The zero-order chi connectivity index (χ0) is 21.9. The van der Waals surface area contributed by atoms with Crippen LogP contribution in [0.3, 0.4) is 0 Å². The summed E-state index contributed by atoms with van der Waals surface area (Å²) in [5, 5.41) is 6.81. The molecule has 0 saturated carbocycles. The minimum Gasteiger partial charge on any atom is -0.371 e. The first-order valence-electron chi connectivity index (χ1n) is 12.0. The van der Waals surface area contributed by atoms with Crippen LogP contribution < -0.4 is 10.6 Å². The lowest BCUT2D eigenvalue weighted by molar-refractivity contribution is 0.0171. The lowest BCUT2D eigenvalue weighted by Gasteiger charge is -2.30. The van der Waals surface area contributed by atoms with E-state index in [2.05, 4.69) is 10.6 Å². The number of ether oxygens (including phenoxy) is 2. The van der Waals surface area contributed by atoms with E-state index in [0.717, 1.165) is 73.9 Å². The van der Waals surface area contributed by atoms with E-state index in [1.165, 1.54) is 12.1 Å². The summed E-state index contributed by atoms with van der Waals surface area (Å²) in [6.07, 6.45) is 5.96. The Balaban J connectivity index is 0.000000135. The van der Waals surface area contributed by atoms with E-state index in [4.69, 9.17) is 9.47 Å². The molecule has 6 rings (SSSR count). The molecule has 2 fully saturated rings. The van der Waals surface area contributed by atoms with E-state index in [-0.39, 0.29) is 35.9 Å². The number of fused-ring (bicyclic) bond motifs is 2. The van der Waals surface area contributed by atoms with Crippen molar-refractivity contribution in [2.45, 2.75) is 62.8 Å². The first-order valence-corrected chi connectivity index (χ1v) is 12.0. The molecule has 4 aliphatic rings. The van der Waals surface area contributed by atoms with Crippen molar-refractivity contribution in [3.05, 3.63) is 70.3 Å². The Labute approximate surface area is 188 Å². The minimum atomic E-state index is -0.115. The monoisotopic (exact) mass is 442 g/mol. The lowest BCUT2D eigenvalue weighted by atomic mass is 9.92. The van der Waals surface area contributed by atoms with Crippen LogP contribution >= 0.6 is 0 Å². The van der Waals surface area contributed by atoms with Gasteiger partial charge < -0.3 is 20.1 Å². The molecule has 0 spiro atoms. The predicted octanol–water partition coefficient (Wildman–Crippen LogP) is 4.38. The van der Waals surface area contributed by atoms with Crippen LogP contribution in [0.1, 0.15) is 60.1 Å². The van der Waals surface area contributed by atoms with Crippen LogP contribution in [0.4, 0.5) is 8.78 Å². The van der Waals surface area contributed by atoms with Gasteiger partial charge in [-0.1, -0.05) is 24.3 Å². The summed E-state index contributed by atoms with van der Waals surface area (Å²) in [6.45, 7) is 3.46. The second-order valence-electron chi connectivity index (χ2n) is 9.11. The first kappa shape index (κ1) is 22.0. The third-order valence-electron chi connectivity index (χ3n) is 7.12. The van der Waals surface area contributed by atoms with E-state index < -0.39 is 0 Å². The molecule has 2 N–H and O–H groups in total. The van der Waals surface area contributed by atoms with Gasteiger partial charge in [-0.3, -0.25) is 0 Å². The van der Waals surface area contributed by atoms with Crippen LogP contribution in [-0.2, 0) is 22.3 Å². The third kappa shape index (κ3) is 4.46. The minimum absolute atomic E-state index is 0.0903. The fourth-order valence-corrected chi connectivity index (χ4v) is 5.57. The number of benzene rings is 2. The van der Waals surface area contributed by atoms with Gasteiger partial charge in [-0.05, 0) is 74.9 Å². The summed E-state index contributed by atoms with van der Waals surface area (Å²) in [5.74, 6) is -0.230. The maximum atomic E-state index is 13.9. The van der Waals surface area contributed by atoms with Crippen molar-refractivity contribution in [1.82, 2.24) is 10.6 Å². The van der Waals surface area contributed by atoms with Crippen LogP contribution in [-0.4, -0.2) is 38.4 Å². The molecule has 2 aromatic carbocycles. The van der Waals surface area contributed by atoms with E-state index in [1.54, 1.807) is 12.1 Å². The van der Waals surface area contributed by atoms with Gasteiger partial charge >= 0.3 is 0 Å². The van der Waals surface area contributed by atoms with Gasteiger partial charge in [-0.15, -0.1) is 0 Å². The van der Waals surface area contributed by atoms with Crippen molar-refractivity contribution in [3.8, 4) is 0 Å². The normalized spacial score (nSPS) is 29.1. The molecule has 4 aliphatic heterocycles. The van der Waals surface area contributed by atoms with Crippen molar-refractivity contribution in [1.29, 1.82) is 0 Å². The second kappa shape index (κ2) is 9.96. The SMILES string of the molecule is Fc1cccc2c1[C@@H]([C@H]1CCCN1)OCC2.Fc1cccc2c1[C@H]([C@H]1CCCN1)OCC2. The highest BCUT2D eigenvalue weighted by atomic mass is 19.1. The van der Waals surface area contributed by atoms with Crippen molar-refractivity contribution < 1.29 is 18.3 Å². The van der Waals surface area contributed by atoms with Gasteiger partial charge in [0.15, 0.2) is 0 Å². The van der Waals surface area contributed by atoms with Gasteiger partial charge in [0.25, 0.3) is 0 Å². The molecule has 0 radical (unpaired) electrons. The Hall–Kier alpha value is -1.86. The van der Waals surface area contributed by atoms with E-state index in [9.17, 15) is 8.78 Å². The molecule has 6 heteroatoms. The maximum Gasteiger partial charge on any atom is 0.129 e. The maximum absolute atomic E-state index is 13.9. The second-order valence-corrected chi connectivity index (χ2v) is 9.11. The van der Waals surface area contributed by atoms with E-state index >= 15 is 0 Å². The predicted molar refractivity (Wildman–Crippen MR) is 120 cm³/mol. The van der Waals surface area contributed by atoms with Crippen molar-refractivity contribution in [2.75, 3.05) is 26.3 Å². The lowest BCUT2D eigenvalue weighted by Crippen LogP contribution is -2.34. The Morgan fingerprint density at radius 1 is 0.688 bits per heavy atom. The fraction of sp³-hybridized carbons (Fsp3) is 0.538. The summed E-state index contributed by atoms with van der Waals surface area (Å²) in [4.78, 5) is 0. The first-order chi connectivity index (χ1) is 15.7. The van der Waals surface area contributed by atoms with Crippen molar-refractivity contribution >= 4 is 0 Å². The summed E-state index contributed by atoms with van der Waals surface area (Å²) < 4.78 is 39.3. The Morgan fingerprint density at radius 2 is 1.16 bits per heavy atom. The summed E-state index contributed by atoms with van der Waals surface area (Å²) >= 11 is 0. The smallest absolute Gasteiger partial charge is 0.129 e. The number of halogens is 2. The Bertz CT molecular complexity index is 851. The number of hydrogen-bond acceptors (Lipinski definition) is 4. The molecule has 2 saturated heterocycles. The van der Waals surface area contributed by atoms with Crippen LogP contribution in [0.25, 0.3) is 0 Å². The van der Waals surface area contributed by atoms with Crippen molar-refractivity contribution in [2.24, 2.45) is 0 Å². The molecule has 172 valence electrons. The summed E-state index contributed by atoms with van der Waals surface area (Å²) in [5.41, 5.74) is 3.80. The molecular weight excluding hydrogens is 410 g/mol. The molecule has 0 unspecified atom stereocenters. The van der Waals surface area contributed by atoms with Gasteiger partial charge in [-0.2, -0.15) is 0 Å². The number of nitrogens with one attached hydrogen (secondary N) is 2. The highest BCUT2D eigenvalue weighted by Gasteiger charge is 2.33. The zero-order valence-electron chi connectivity index (χ0n) is 18.4. The molecular formula is C26H32F2N2O2. The molecule has 0 bridgehead atoms.